The van der Waals surface area contributed by atoms with Crippen molar-refractivity contribution in [3.63, 3.8) is 0 Å². The molecular formula is C17H20BrNO2. The molecule has 2 atom stereocenters. The van der Waals surface area contributed by atoms with Crippen LogP contribution in [0.5, 0.6) is 0 Å². The molecule has 0 spiro atoms. The lowest BCUT2D eigenvalue weighted by Crippen LogP contribution is -2.41. The van der Waals surface area contributed by atoms with Crippen molar-refractivity contribution < 1.29 is 9.59 Å². The molecule has 1 aromatic rings. The number of carbonyl (C=O) groups excluding carboxylic acids is 2. The van der Waals surface area contributed by atoms with E-state index in [1.54, 1.807) is 0 Å². The SMILES string of the molecule is Cc1cc(Br)cc(C(=O)N2CCCC2C2CCCC2=O)c1. The summed E-state index contributed by atoms with van der Waals surface area (Å²) in [5.41, 5.74) is 1.79. The minimum absolute atomic E-state index is 0.0709. The molecule has 112 valence electrons. The molecule has 0 aromatic heterocycles. The van der Waals surface area contributed by atoms with Gasteiger partial charge >= 0.3 is 0 Å². The highest BCUT2D eigenvalue weighted by atomic mass is 79.9. The maximum absolute atomic E-state index is 12.8. The summed E-state index contributed by atoms with van der Waals surface area (Å²) in [5.74, 6) is 0.497. The quantitative estimate of drug-likeness (QED) is 0.815. The summed E-state index contributed by atoms with van der Waals surface area (Å²) in [6, 6.07) is 5.92. The van der Waals surface area contributed by atoms with Gasteiger partial charge in [-0.2, -0.15) is 0 Å². The molecule has 1 aromatic carbocycles. The van der Waals surface area contributed by atoms with Gasteiger partial charge in [0.2, 0.25) is 0 Å². The average Bonchev–Trinajstić information content (AvgIpc) is 3.04. The zero-order valence-electron chi connectivity index (χ0n) is 12.3. The van der Waals surface area contributed by atoms with Crippen LogP contribution in [0.1, 0.15) is 48.0 Å². The Labute approximate surface area is 133 Å². The molecule has 0 radical (unpaired) electrons. The molecule has 21 heavy (non-hydrogen) atoms. The van der Waals surface area contributed by atoms with Crippen LogP contribution in [0.4, 0.5) is 0 Å². The summed E-state index contributed by atoms with van der Waals surface area (Å²) in [7, 11) is 0. The number of ketones is 1. The highest BCUT2D eigenvalue weighted by molar-refractivity contribution is 9.10. The fourth-order valence-corrected chi connectivity index (χ4v) is 4.35. The van der Waals surface area contributed by atoms with E-state index in [1.807, 2.05) is 30.0 Å². The van der Waals surface area contributed by atoms with E-state index in [0.29, 0.717) is 12.2 Å². The van der Waals surface area contributed by atoms with Crippen molar-refractivity contribution in [2.75, 3.05) is 6.54 Å². The van der Waals surface area contributed by atoms with Crippen molar-refractivity contribution >= 4 is 27.6 Å². The van der Waals surface area contributed by atoms with Crippen molar-refractivity contribution in [1.29, 1.82) is 0 Å². The van der Waals surface area contributed by atoms with E-state index in [0.717, 1.165) is 47.8 Å². The lowest BCUT2D eigenvalue weighted by molar-refractivity contribution is -0.121. The van der Waals surface area contributed by atoms with Gasteiger partial charge in [-0.05, 0) is 56.4 Å². The topological polar surface area (TPSA) is 37.4 Å². The number of amides is 1. The first-order valence-corrected chi connectivity index (χ1v) is 8.46. The molecular weight excluding hydrogens is 330 g/mol. The monoisotopic (exact) mass is 349 g/mol. The number of nitrogens with zero attached hydrogens (tertiary/aromatic N) is 1. The predicted octanol–water partition coefficient (Wildman–Crippen LogP) is 3.73. The number of hydrogen-bond acceptors (Lipinski definition) is 2. The Balaban J connectivity index is 1.84. The van der Waals surface area contributed by atoms with Gasteiger partial charge in [-0.1, -0.05) is 15.9 Å². The smallest absolute Gasteiger partial charge is 0.254 e. The van der Waals surface area contributed by atoms with Crippen LogP contribution in [0, 0.1) is 12.8 Å². The number of Topliss-reactive ketones (excluding diaryl/α,β-unsaturated/α-hetero) is 1. The van der Waals surface area contributed by atoms with Crippen LogP contribution in [-0.4, -0.2) is 29.2 Å². The first-order valence-electron chi connectivity index (χ1n) is 7.67. The van der Waals surface area contributed by atoms with Gasteiger partial charge in [-0.15, -0.1) is 0 Å². The van der Waals surface area contributed by atoms with E-state index < -0.39 is 0 Å². The highest BCUT2D eigenvalue weighted by Crippen LogP contribution is 2.34. The van der Waals surface area contributed by atoms with Crippen LogP contribution in [0.15, 0.2) is 22.7 Å². The van der Waals surface area contributed by atoms with Gasteiger partial charge in [0.1, 0.15) is 5.78 Å². The largest absolute Gasteiger partial charge is 0.335 e. The number of benzene rings is 1. The van der Waals surface area contributed by atoms with Gasteiger partial charge in [0.25, 0.3) is 5.91 Å². The van der Waals surface area contributed by atoms with Gasteiger partial charge in [-0.3, -0.25) is 9.59 Å². The third-order valence-corrected chi connectivity index (χ3v) is 5.12. The summed E-state index contributed by atoms with van der Waals surface area (Å²) in [6.07, 6.45) is 4.60. The molecule has 3 nitrogen and oxygen atoms in total. The predicted molar refractivity (Wildman–Crippen MR) is 85.3 cm³/mol. The van der Waals surface area contributed by atoms with E-state index in [9.17, 15) is 9.59 Å². The van der Waals surface area contributed by atoms with Crippen LogP contribution in [0.2, 0.25) is 0 Å². The zero-order valence-corrected chi connectivity index (χ0v) is 13.9. The van der Waals surface area contributed by atoms with E-state index in [1.165, 1.54) is 0 Å². The van der Waals surface area contributed by atoms with Crippen molar-refractivity contribution in [3.05, 3.63) is 33.8 Å². The number of hydrogen-bond donors (Lipinski definition) is 0. The number of aryl methyl sites for hydroxylation is 1. The summed E-state index contributed by atoms with van der Waals surface area (Å²) in [6.45, 7) is 2.77. The Morgan fingerprint density at radius 1 is 1.24 bits per heavy atom. The Morgan fingerprint density at radius 3 is 2.71 bits per heavy atom. The van der Waals surface area contributed by atoms with Crippen LogP contribution in [0.3, 0.4) is 0 Å². The highest BCUT2D eigenvalue weighted by Gasteiger charge is 2.40. The number of carbonyl (C=O) groups is 2. The molecule has 1 aliphatic carbocycles. The first-order chi connectivity index (χ1) is 10.1. The molecule has 1 saturated heterocycles. The minimum Gasteiger partial charge on any atom is -0.335 e. The number of rotatable bonds is 2. The summed E-state index contributed by atoms with van der Waals surface area (Å²) in [5, 5.41) is 0. The van der Waals surface area contributed by atoms with E-state index in [-0.39, 0.29) is 17.9 Å². The van der Waals surface area contributed by atoms with Gasteiger partial charge < -0.3 is 4.90 Å². The fourth-order valence-electron chi connectivity index (χ4n) is 3.74. The molecule has 1 saturated carbocycles. The first kappa shape index (κ1) is 14.8. The lowest BCUT2D eigenvalue weighted by Gasteiger charge is -2.29. The maximum atomic E-state index is 12.8. The second kappa shape index (κ2) is 5.91. The van der Waals surface area contributed by atoms with Crippen molar-refractivity contribution in [3.8, 4) is 0 Å². The molecule has 2 unspecified atom stereocenters. The normalized spacial score (nSPS) is 25.6. The van der Waals surface area contributed by atoms with Crippen LogP contribution >= 0.6 is 15.9 Å². The average molecular weight is 350 g/mol. The minimum atomic E-state index is 0.0709. The summed E-state index contributed by atoms with van der Waals surface area (Å²) in [4.78, 5) is 26.8. The number of likely N-dealkylation sites (tertiary alicyclic amines) is 1. The lowest BCUT2D eigenvalue weighted by atomic mass is 9.94. The maximum Gasteiger partial charge on any atom is 0.254 e. The van der Waals surface area contributed by atoms with Crippen LogP contribution < -0.4 is 0 Å². The van der Waals surface area contributed by atoms with Gasteiger partial charge in [0.05, 0.1) is 0 Å². The number of halogens is 1. The van der Waals surface area contributed by atoms with Crippen molar-refractivity contribution in [1.82, 2.24) is 4.90 Å². The van der Waals surface area contributed by atoms with Gasteiger partial charge in [-0.25, -0.2) is 0 Å². The molecule has 1 aliphatic heterocycles. The Hall–Kier alpha value is -1.16. The molecule has 2 aliphatic rings. The molecule has 4 heteroatoms. The molecule has 0 bridgehead atoms. The molecule has 2 fully saturated rings. The molecule has 1 heterocycles. The molecule has 0 N–H and O–H groups in total. The van der Waals surface area contributed by atoms with Crippen molar-refractivity contribution in [2.45, 2.75) is 45.1 Å². The standard InChI is InChI=1S/C17H20BrNO2/c1-11-8-12(10-13(18)9-11)17(21)19-7-3-5-15(19)14-4-2-6-16(14)20/h8-10,14-15H,2-7H2,1H3. The Kier molecular flexibility index (Phi) is 4.16. The third-order valence-electron chi connectivity index (χ3n) is 4.67. The second-order valence-electron chi connectivity index (χ2n) is 6.19. The second-order valence-corrected chi connectivity index (χ2v) is 7.11. The zero-order chi connectivity index (χ0) is 15.0. The fraction of sp³-hybridized carbons (Fsp3) is 0.529. The summed E-state index contributed by atoms with van der Waals surface area (Å²) >= 11 is 3.46. The van der Waals surface area contributed by atoms with Gasteiger partial charge in [0, 0.05) is 35.0 Å². The molecule has 1 amide bonds. The van der Waals surface area contributed by atoms with Gasteiger partial charge in [0.15, 0.2) is 0 Å². The van der Waals surface area contributed by atoms with E-state index in [2.05, 4.69) is 15.9 Å². The van der Waals surface area contributed by atoms with Crippen LogP contribution in [-0.2, 0) is 4.79 Å². The van der Waals surface area contributed by atoms with Crippen LogP contribution in [0.25, 0.3) is 0 Å². The van der Waals surface area contributed by atoms with E-state index >= 15 is 0 Å². The third kappa shape index (κ3) is 2.91. The molecule has 3 rings (SSSR count). The Bertz CT molecular complexity index is 564. The Morgan fingerprint density at radius 2 is 2.05 bits per heavy atom. The van der Waals surface area contributed by atoms with Crippen molar-refractivity contribution in [2.24, 2.45) is 5.92 Å². The summed E-state index contributed by atoms with van der Waals surface area (Å²) < 4.78 is 0.929. The van der Waals surface area contributed by atoms with E-state index in [4.69, 9.17) is 0 Å².